The van der Waals surface area contributed by atoms with Crippen molar-refractivity contribution in [2.75, 3.05) is 12.4 Å². The van der Waals surface area contributed by atoms with Crippen molar-refractivity contribution in [3.63, 3.8) is 0 Å². The Kier molecular flexibility index (Phi) is 4.92. The number of ether oxygens (including phenoxy) is 1. The molecule has 0 radical (unpaired) electrons. The molecule has 6 nitrogen and oxygen atoms in total. The second kappa shape index (κ2) is 6.70. The van der Waals surface area contributed by atoms with E-state index in [0.717, 1.165) is 5.56 Å². The van der Waals surface area contributed by atoms with Crippen LogP contribution in [0.25, 0.3) is 0 Å². The summed E-state index contributed by atoms with van der Waals surface area (Å²) in [6, 6.07) is 4.95. The zero-order valence-electron chi connectivity index (χ0n) is 12.6. The first-order valence-electron chi connectivity index (χ1n) is 6.81. The number of phenolic OH excluding ortho intramolecular Hbond substituents is 1. The molecule has 0 aliphatic carbocycles. The number of rotatable bonds is 5. The van der Waals surface area contributed by atoms with Crippen LogP contribution < -0.4 is 15.6 Å². The maximum Gasteiger partial charge on any atom is 0.287 e. The van der Waals surface area contributed by atoms with Crippen LogP contribution in [0.15, 0.2) is 29.2 Å². The zero-order valence-corrected chi connectivity index (χ0v) is 13.4. The van der Waals surface area contributed by atoms with E-state index in [0.29, 0.717) is 18.0 Å². The van der Waals surface area contributed by atoms with Crippen molar-refractivity contribution in [1.82, 2.24) is 9.78 Å². The van der Waals surface area contributed by atoms with Crippen LogP contribution in [0, 0.1) is 0 Å². The van der Waals surface area contributed by atoms with Crippen molar-refractivity contribution in [2.24, 2.45) is 0 Å². The van der Waals surface area contributed by atoms with Crippen LogP contribution in [0.2, 0.25) is 5.02 Å². The Balaban J connectivity index is 2.19. The number of methoxy groups -OCH3 is 1. The Labute approximate surface area is 133 Å². The van der Waals surface area contributed by atoms with Gasteiger partial charge in [-0.15, -0.1) is 0 Å². The molecular formula is C15H18ClN3O3. The fraction of sp³-hybridized carbons (Fsp3) is 0.333. The van der Waals surface area contributed by atoms with Crippen LogP contribution in [-0.4, -0.2) is 22.0 Å². The summed E-state index contributed by atoms with van der Waals surface area (Å²) in [7, 11) is 1.48. The summed E-state index contributed by atoms with van der Waals surface area (Å²) in [5.41, 5.74) is 1.01. The Bertz CT molecular complexity index is 728. The molecule has 0 aliphatic rings. The molecule has 0 amide bonds. The summed E-state index contributed by atoms with van der Waals surface area (Å²) in [6.45, 7) is 4.14. The average Bonchev–Trinajstić information content (AvgIpc) is 2.49. The highest BCUT2D eigenvalue weighted by Crippen LogP contribution is 2.27. The minimum atomic E-state index is -0.329. The number of halogens is 1. The number of phenols is 1. The van der Waals surface area contributed by atoms with Gasteiger partial charge in [0.15, 0.2) is 11.5 Å². The first kappa shape index (κ1) is 16.2. The van der Waals surface area contributed by atoms with Crippen LogP contribution in [0.5, 0.6) is 11.5 Å². The summed E-state index contributed by atoms with van der Waals surface area (Å²) in [5, 5.41) is 16.8. The van der Waals surface area contributed by atoms with E-state index < -0.39 is 0 Å². The van der Waals surface area contributed by atoms with Gasteiger partial charge in [0.25, 0.3) is 5.56 Å². The standard InChI is InChI=1S/C15H18ClN3O3/c1-9(2)19-15(21)14(16)11(8-18-19)17-7-10-4-5-12(20)13(6-10)22-3/h4-6,8-9,17,20H,7H2,1-3H3. The predicted octanol–water partition coefficient (Wildman–Crippen LogP) is 2.80. The van der Waals surface area contributed by atoms with E-state index in [1.807, 2.05) is 13.8 Å². The lowest BCUT2D eigenvalue weighted by atomic mass is 10.2. The molecule has 22 heavy (non-hydrogen) atoms. The highest BCUT2D eigenvalue weighted by molar-refractivity contribution is 6.32. The van der Waals surface area contributed by atoms with Crippen molar-refractivity contribution in [2.45, 2.75) is 26.4 Å². The van der Waals surface area contributed by atoms with Gasteiger partial charge < -0.3 is 15.2 Å². The number of hydrogen-bond donors (Lipinski definition) is 2. The maximum atomic E-state index is 12.1. The van der Waals surface area contributed by atoms with Crippen molar-refractivity contribution < 1.29 is 9.84 Å². The SMILES string of the molecule is COc1cc(CNc2cnn(C(C)C)c(=O)c2Cl)ccc1O. The normalized spacial score (nSPS) is 10.8. The van der Waals surface area contributed by atoms with Gasteiger partial charge in [0, 0.05) is 6.54 Å². The van der Waals surface area contributed by atoms with Gasteiger partial charge in [0.05, 0.1) is 25.0 Å². The third-order valence-corrected chi connectivity index (χ3v) is 3.53. The lowest BCUT2D eigenvalue weighted by Gasteiger charge is -2.13. The molecule has 0 fully saturated rings. The molecule has 1 aromatic heterocycles. The highest BCUT2D eigenvalue weighted by Gasteiger charge is 2.11. The third-order valence-electron chi connectivity index (χ3n) is 3.16. The number of anilines is 1. The lowest BCUT2D eigenvalue weighted by molar-refractivity contribution is 0.373. The first-order chi connectivity index (χ1) is 10.4. The Hall–Kier alpha value is -2.21. The van der Waals surface area contributed by atoms with E-state index in [2.05, 4.69) is 10.4 Å². The summed E-state index contributed by atoms with van der Waals surface area (Å²) in [6.07, 6.45) is 1.53. The Morgan fingerprint density at radius 1 is 1.45 bits per heavy atom. The molecule has 0 unspecified atom stereocenters. The zero-order chi connectivity index (χ0) is 16.3. The molecule has 0 saturated heterocycles. The molecule has 0 saturated carbocycles. The fourth-order valence-corrected chi connectivity index (χ4v) is 2.17. The molecule has 2 aromatic rings. The minimum Gasteiger partial charge on any atom is -0.504 e. The van der Waals surface area contributed by atoms with Gasteiger partial charge in [-0.05, 0) is 31.5 Å². The van der Waals surface area contributed by atoms with Crippen LogP contribution in [0.4, 0.5) is 5.69 Å². The number of hydrogen-bond acceptors (Lipinski definition) is 5. The number of nitrogens with one attached hydrogen (secondary N) is 1. The van der Waals surface area contributed by atoms with Crippen LogP contribution in [0.3, 0.4) is 0 Å². The molecule has 0 aliphatic heterocycles. The molecule has 118 valence electrons. The van der Waals surface area contributed by atoms with Gasteiger partial charge in [-0.1, -0.05) is 17.7 Å². The van der Waals surface area contributed by atoms with Gasteiger partial charge in [-0.2, -0.15) is 5.10 Å². The third kappa shape index (κ3) is 3.33. The van der Waals surface area contributed by atoms with Crippen LogP contribution in [-0.2, 0) is 6.54 Å². The quantitative estimate of drug-likeness (QED) is 0.884. The molecule has 1 heterocycles. The van der Waals surface area contributed by atoms with E-state index in [1.54, 1.807) is 18.2 Å². The van der Waals surface area contributed by atoms with E-state index >= 15 is 0 Å². The summed E-state index contributed by atoms with van der Waals surface area (Å²) in [4.78, 5) is 12.1. The van der Waals surface area contributed by atoms with Crippen molar-refractivity contribution >= 4 is 17.3 Å². The molecule has 1 aromatic carbocycles. The number of benzene rings is 1. The van der Waals surface area contributed by atoms with Gasteiger partial charge in [0.1, 0.15) is 5.02 Å². The molecule has 7 heteroatoms. The maximum absolute atomic E-state index is 12.1. The van der Waals surface area contributed by atoms with Gasteiger partial charge >= 0.3 is 0 Å². The monoisotopic (exact) mass is 323 g/mol. The number of aromatic hydroxyl groups is 1. The molecular weight excluding hydrogens is 306 g/mol. The lowest BCUT2D eigenvalue weighted by Crippen LogP contribution is -2.25. The Morgan fingerprint density at radius 3 is 2.82 bits per heavy atom. The van der Waals surface area contributed by atoms with Crippen LogP contribution in [0.1, 0.15) is 25.5 Å². The van der Waals surface area contributed by atoms with Crippen molar-refractivity contribution in [3.8, 4) is 11.5 Å². The van der Waals surface area contributed by atoms with E-state index in [1.165, 1.54) is 18.0 Å². The predicted molar refractivity (Wildman–Crippen MR) is 85.9 cm³/mol. The molecule has 0 atom stereocenters. The minimum absolute atomic E-state index is 0.0552. The van der Waals surface area contributed by atoms with Gasteiger partial charge in [-0.25, -0.2) is 4.68 Å². The second-order valence-corrected chi connectivity index (χ2v) is 5.45. The van der Waals surface area contributed by atoms with E-state index in [4.69, 9.17) is 16.3 Å². The first-order valence-corrected chi connectivity index (χ1v) is 7.19. The topological polar surface area (TPSA) is 76.4 Å². The molecule has 2 N–H and O–H groups in total. The molecule has 0 spiro atoms. The summed E-state index contributed by atoms with van der Waals surface area (Å²) >= 11 is 6.09. The average molecular weight is 324 g/mol. The molecule has 2 rings (SSSR count). The summed E-state index contributed by atoms with van der Waals surface area (Å²) in [5.74, 6) is 0.462. The highest BCUT2D eigenvalue weighted by atomic mass is 35.5. The fourth-order valence-electron chi connectivity index (χ4n) is 1.97. The molecule has 0 bridgehead atoms. The van der Waals surface area contributed by atoms with Gasteiger partial charge in [-0.3, -0.25) is 4.79 Å². The number of nitrogens with zero attached hydrogens (tertiary/aromatic N) is 2. The van der Waals surface area contributed by atoms with Crippen LogP contribution >= 0.6 is 11.6 Å². The van der Waals surface area contributed by atoms with E-state index in [9.17, 15) is 9.90 Å². The number of aromatic nitrogens is 2. The second-order valence-electron chi connectivity index (χ2n) is 5.08. The largest absolute Gasteiger partial charge is 0.504 e. The Morgan fingerprint density at radius 2 is 2.18 bits per heavy atom. The van der Waals surface area contributed by atoms with E-state index in [-0.39, 0.29) is 22.4 Å². The van der Waals surface area contributed by atoms with Gasteiger partial charge in [0.2, 0.25) is 0 Å². The smallest absolute Gasteiger partial charge is 0.287 e. The van der Waals surface area contributed by atoms with Crippen molar-refractivity contribution in [3.05, 3.63) is 45.3 Å². The van der Waals surface area contributed by atoms with Crippen molar-refractivity contribution in [1.29, 1.82) is 0 Å². The summed E-state index contributed by atoms with van der Waals surface area (Å²) < 4.78 is 6.38.